The molecule has 110 valence electrons. The number of rotatable bonds is 2. The van der Waals surface area contributed by atoms with Crippen molar-refractivity contribution < 1.29 is 4.79 Å². The van der Waals surface area contributed by atoms with E-state index in [4.69, 9.17) is 11.6 Å². The molecule has 1 saturated heterocycles. The van der Waals surface area contributed by atoms with Crippen LogP contribution in [0.4, 0.5) is 0 Å². The third-order valence-corrected chi connectivity index (χ3v) is 4.39. The van der Waals surface area contributed by atoms with Gasteiger partial charge >= 0.3 is 0 Å². The molecule has 1 unspecified atom stereocenters. The van der Waals surface area contributed by atoms with Crippen LogP contribution < -0.4 is 0 Å². The third kappa shape index (κ3) is 3.00. The first-order chi connectivity index (χ1) is 10.3. The van der Waals surface area contributed by atoms with Gasteiger partial charge in [0.25, 0.3) is 5.91 Å². The molecule has 0 spiro atoms. The summed E-state index contributed by atoms with van der Waals surface area (Å²) in [7, 11) is 0. The number of hydrogen-bond donors (Lipinski definition) is 0. The zero-order chi connectivity index (χ0) is 14.7. The lowest BCUT2D eigenvalue weighted by molar-refractivity contribution is 0.0700. The van der Waals surface area contributed by atoms with Crippen LogP contribution in [-0.2, 0) is 0 Å². The van der Waals surface area contributed by atoms with E-state index in [1.165, 1.54) is 6.42 Å². The number of fused-ring (bicyclic) bond motifs is 1. The van der Waals surface area contributed by atoms with Gasteiger partial charge in [-0.1, -0.05) is 12.8 Å². The Bertz CT molecular complexity index is 646. The molecule has 1 fully saturated rings. The highest BCUT2D eigenvalue weighted by atomic mass is 35.5. The van der Waals surface area contributed by atoms with Gasteiger partial charge in [-0.15, -0.1) is 11.6 Å². The molecule has 21 heavy (non-hydrogen) atoms. The lowest BCUT2D eigenvalue weighted by Gasteiger charge is -2.28. The van der Waals surface area contributed by atoms with E-state index in [0.717, 1.165) is 36.8 Å². The minimum atomic E-state index is 0.0510. The van der Waals surface area contributed by atoms with Gasteiger partial charge in [-0.2, -0.15) is 0 Å². The first kappa shape index (κ1) is 14.3. The summed E-state index contributed by atoms with van der Waals surface area (Å²) in [5.74, 6) is 0.550. The minimum absolute atomic E-state index is 0.0510. The highest BCUT2D eigenvalue weighted by Crippen LogP contribution is 2.21. The van der Waals surface area contributed by atoms with E-state index in [1.807, 2.05) is 23.1 Å². The molecule has 1 aliphatic heterocycles. The molecule has 2 heterocycles. The zero-order valence-electron chi connectivity index (χ0n) is 11.8. The zero-order valence-corrected chi connectivity index (χ0v) is 12.6. The van der Waals surface area contributed by atoms with Crippen LogP contribution in [0.25, 0.3) is 11.0 Å². The SMILES string of the molecule is O=C(c1ccc2nccnc2c1)N1CCCCCC1CCl. The summed E-state index contributed by atoms with van der Waals surface area (Å²) in [6, 6.07) is 5.64. The Balaban J connectivity index is 1.90. The van der Waals surface area contributed by atoms with E-state index in [1.54, 1.807) is 12.4 Å². The van der Waals surface area contributed by atoms with E-state index in [2.05, 4.69) is 9.97 Å². The minimum Gasteiger partial charge on any atom is -0.334 e. The van der Waals surface area contributed by atoms with E-state index in [-0.39, 0.29) is 11.9 Å². The predicted molar refractivity (Wildman–Crippen MR) is 83.6 cm³/mol. The number of halogens is 1. The molecule has 5 heteroatoms. The van der Waals surface area contributed by atoms with Crippen molar-refractivity contribution in [2.75, 3.05) is 12.4 Å². The number of aromatic nitrogens is 2. The molecule has 1 atom stereocenters. The molecule has 0 radical (unpaired) electrons. The fraction of sp³-hybridized carbons (Fsp3) is 0.438. The van der Waals surface area contributed by atoms with Gasteiger partial charge in [0, 0.05) is 36.4 Å². The normalized spacial score (nSPS) is 19.5. The maximum atomic E-state index is 12.8. The van der Waals surface area contributed by atoms with Crippen molar-refractivity contribution in [1.82, 2.24) is 14.9 Å². The van der Waals surface area contributed by atoms with Gasteiger partial charge in [-0.3, -0.25) is 14.8 Å². The molecule has 0 aliphatic carbocycles. The maximum Gasteiger partial charge on any atom is 0.254 e. The molecule has 0 saturated carbocycles. The number of alkyl halides is 1. The quantitative estimate of drug-likeness (QED) is 0.800. The van der Waals surface area contributed by atoms with Crippen LogP contribution in [0.15, 0.2) is 30.6 Å². The second-order valence-corrected chi connectivity index (χ2v) is 5.72. The van der Waals surface area contributed by atoms with Crippen LogP contribution in [0.1, 0.15) is 36.0 Å². The van der Waals surface area contributed by atoms with Crippen LogP contribution in [-0.4, -0.2) is 39.2 Å². The van der Waals surface area contributed by atoms with Gasteiger partial charge in [0.15, 0.2) is 0 Å². The average Bonchev–Trinajstić information content (AvgIpc) is 2.79. The molecule has 1 aromatic carbocycles. The fourth-order valence-electron chi connectivity index (χ4n) is 2.87. The lowest BCUT2D eigenvalue weighted by Crippen LogP contribution is -2.41. The number of carbonyl (C=O) groups is 1. The molecule has 0 N–H and O–H groups in total. The van der Waals surface area contributed by atoms with Crippen LogP contribution in [0, 0.1) is 0 Å². The fourth-order valence-corrected chi connectivity index (χ4v) is 3.19. The number of hydrogen-bond acceptors (Lipinski definition) is 3. The smallest absolute Gasteiger partial charge is 0.254 e. The van der Waals surface area contributed by atoms with E-state index >= 15 is 0 Å². The summed E-state index contributed by atoms with van der Waals surface area (Å²) in [5.41, 5.74) is 2.22. The lowest BCUT2D eigenvalue weighted by atomic mass is 10.1. The summed E-state index contributed by atoms with van der Waals surface area (Å²) in [6.45, 7) is 0.786. The highest BCUT2D eigenvalue weighted by molar-refractivity contribution is 6.18. The maximum absolute atomic E-state index is 12.8. The van der Waals surface area contributed by atoms with Gasteiger partial charge in [-0.05, 0) is 31.0 Å². The molecule has 4 nitrogen and oxygen atoms in total. The number of nitrogens with zero attached hydrogens (tertiary/aromatic N) is 3. The largest absolute Gasteiger partial charge is 0.334 e. The number of carbonyl (C=O) groups excluding carboxylic acids is 1. The van der Waals surface area contributed by atoms with Crippen molar-refractivity contribution in [2.45, 2.75) is 31.7 Å². The Morgan fingerprint density at radius 1 is 1.19 bits per heavy atom. The molecular weight excluding hydrogens is 286 g/mol. The van der Waals surface area contributed by atoms with Gasteiger partial charge in [0.2, 0.25) is 0 Å². The predicted octanol–water partition coefficient (Wildman–Crippen LogP) is 3.25. The number of likely N-dealkylation sites (tertiary alicyclic amines) is 1. The monoisotopic (exact) mass is 303 g/mol. The highest BCUT2D eigenvalue weighted by Gasteiger charge is 2.25. The summed E-state index contributed by atoms with van der Waals surface area (Å²) >= 11 is 6.06. The van der Waals surface area contributed by atoms with E-state index in [9.17, 15) is 4.79 Å². The molecule has 1 amide bonds. The molecule has 1 aromatic heterocycles. The van der Waals surface area contributed by atoms with Gasteiger partial charge < -0.3 is 4.90 Å². The Morgan fingerprint density at radius 2 is 2.00 bits per heavy atom. The van der Waals surface area contributed by atoms with Crippen LogP contribution in [0.2, 0.25) is 0 Å². The Morgan fingerprint density at radius 3 is 2.81 bits per heavy atom. The van der Waals surface area contributed by atoms with E-state index < -0.39 is 0 Å². The van der Waals surface area contributed by atoms with Gasteiger partial charge in [-0.25, -0.2) is 0 Å². The molecule has 1 aliphatic rings. The van der Waals surface area contributed by atoms with E-state index in [0.29, 0.717) is 11.4 Å². The Kier molecular flexibility index (Phi) is 4.34. The standard InChI is InChI=1S/C16H18ClN3O/c17-11-13-4-2-1-3-9-20(13)16(21)12-5-6-14-15(10-12)19-8-7-18-14/h5-8,10,13H,1-4,9,11H2. The molecule has 3 rings (SSSR count). The Labute approximate surface area is 129 Å². The van der Waals surface area contributed by atoms with Crippen LogP contribution >= 0.6 is 11.6 Å². The third-order valence-electron chi connectivity index (χ3n) is 4.03. The molecule has 2 aromatic rings. The first-order valence-corrected chi connectivity index (χ1v) is 7.91. The molecular formula is C16H18ClN3O. The topological polar surface area (TPSA) is 46.1 Å². The van der Waals surface area contributed by atoms with Crippen molar-refractivity contribution in [2.24, 2.45) is 0 Å². The second-order valence-electron chi connectivity index (χ2n) is 5.42. The van der Waals surface area contributed by atoms with Crippen molar-refractivity contribution in [1.29, 1.82) is 0 Å². The second kappa shape index (κ2) is 6.39. The summed E-state index contributed by atoms with van der Waals surface area (Å²) < 4.78 is 0. The van der Waals surface area contributed by atoms with Crippen molar-refractivity contribution >= 4 is 28.5 Å². The summed E-state index contributed by atoms with van der Waals surface area (Å²) in [4.78, 5) is 23.2. The Hall–Kier alpha value is -1.68. The van der Waals surface area contributed by atoms with Crippen molar-refractivity contribution in [3.05, 3.63) is 36.2 Å². The average molecular weight is 304 g/mol. The van der Waals surface area contributed by atoms with Gasteiger partial charge in [0.05, 0.1) is 11.0 Å². The van der Waals surface area contributed by atoms with Gasteiger partial charge in [0.1, 0.15) is 0 Å². The van der Waals surface area contributed by atoms with Crippen molar-refractivity contribution in [3.8, 4) is 0 Å². The van der Waals surface area contributed by atoms with Crippen LogP contribution in [0.3, 0.4) is 0 Å². The molecule has 0 bridgehead atoms. The number of benzene rings is 1. The van der Waals surface area contributed by atoms with Crippen molar-refractivity contribution in [3.63, 3.8) is 0 Å². The summed E-state index contributed by atoms with van der Waals surface area (Å²) in [6.07, 6.45) is 7.64. The number of amides is 1. The van der Waals surface area contributed by atoms with Crippen LogP contribution in [0.5, 0.6) is 0 Å². The first-order valence-electron chi connectivity index (χ1n) is 7.37. The summed E-state index contributed by atoms with van der Waals surface area (Å²) in [5, 5.41) is 0.